The number of likely N-dealkylation sites (N-methyl/N-ethyl adjacent to an activating group) is 1. The van der Waals surface area contributed by atoms with Crippen LogP contribution in [0.5, 0.6) is 0 Å². The van der Waals surface area contributed by atoms with E-state index in [1.165, 1.54) is 11.3 Å². The van der Waals surface area contributed by atoms with Crippen LogP contribution in [0, 0.1) is 0 Å². The van der Waals surface area contributed by atoms with Gasteiger partial charge in [0, 0.05) is 18.9 Å². The second-order valence-corrected chi connectivity index (χ2v) is 4.83. The largest absolute Gasteiger partial charge is 0.480 e. The predicted molar refractivity (Wildman–Crippen MR) is 69.6 cm³/mol. The minimum Gasteiger partial charge on any atom is -0.480 e. The molecule has 0 fully saturated rings. The van der Waals surface area contributed by atoms with E-state index >= 15 is 0 Å². The SMILES string of the molecule is CN(CCn1cccn1)C(C(=O)O)c1ccsc1. The van der Waals surface area contributed by atoms with Crippen LogP contribution in [0.25, 0.3) is 0 Å². The van der Waals surface area contributed by atoms with Crippen LogP contribution in [-0.4, -0.2) is 39.3 Å². The first-order chi connectivity index (χ1) is 8.68. The number of nitrogens with zero attached hydrogens (tertiary/aromatic N) is 3. The van der Waals surface area contributed by atoms with Gasteiger partial charge in [0.2, 0.25) is 0 Å². The Balaban J connectivity index is 2.00. The quantitative estimate of drug-likeness (QED) is 0.863. The van der Waals surface area contributed by atoms with E-state index in [0.29, 0.717) is 13.1 Å². The molecule has 2 aromatic heterocycles. The van der Waals surface area contributed by atoms with Crippen molar-refractivity contribution in [3.63, 3.8) is 0 Å². The van der Waals surface area contributed by atoms with E-state index < -0.39 is 12.0 Å². The highest BCUT2D eigenvalue weighted by Crippen LogP contribution is 2.22. The molecule has 1 unspecified atom stereocenters. The Morgan fingerprint density at radius 2 is 2.50 bits per heavy atom. The third-order valence-electron chi connectivity index (χ3n) is 2.77. The van der Waals surface area contributed by atoms with Crippen molar-refractivity contribution in [2.45, 2.75) is 12.6 Å². The molecule has 18 heavy (non-hydrogen) atoms. The van der Waals surface area contributed by atoms with Crippen molar-refractivity contribution in [2.75, 3.05) is 13.6 Å². The van der Waals surface area contributed by atoms with Gasteiger partial charge in [-0.15, -0.1) is 0 Å². The van der Waals surface area contributed by atoms with E-state index in [2.05, 4.69) is 5.10 Å². The summed E-state index contributed by atoms with van der Waals surface area (Å²) in [6.07, 6.45) is 3.59. The van der Waals surface area contributed by atoms with Crippen LogP contribution >= 0.6 is 11.3 Å². The Kier molecular flexibility index (Phi) is 4.11. The van der Waals surface area contributed by atoms with E-state index in [9.17, 15) is 9.90 Å². The van der Waals surface area contributed by atoms with Gasteiger partial charge >= 0.3 is 5.97 Å². The van der Waals surface area contributed by atoms with Gasteiger partial charge in [-0.2, -0.15) is 16.4 Å². The van der Waals surface area contributed by atoms with E-state index in [-0.39, 0.29) is 0 Å². The molecule has 2 rings (SSSR count). The molecule has 0 bridgehead atoms. The zero-order valence-electron chi connectivity index (χ0n) is 10.1. The van der Waals surface area contributed by atoms with Crippen LogP contribution in [0.3, 0.4) is 0 Å². The molecule has 0 aliphatic rings. The maximum Gasteiger partial charge on any atom is 0.325 e. The molecule has 2 aromatic rings. The van der Waals surface area contributed by atoms with Crippen molar-refractivity contribution >= 4 is 17.3 Å². The van der Waals surface area contributed by atoms with Gasteiger partial charge < -0.3 is 5.11 Å². The standard InChI is InChI=1S/C12H15N3O2S/c1-14(6-7-15-5-2-4-13-15)11(12(16)17)10-3-8-18-9-10/h2-5,8-9,11H,6-7H2,1H3,(H,16,17). The molecule has 2 heterocycles. The summed E-state index contributed by atoms with van der Waals surface area (Å²) < 4.78 is 1.79. The average Bonchev–Trinajstić information content (AvgIpc) is 2.99. The molecular formula is C12H15N3O2S. The monoisotopic (exact) mass is 265 g/mol. The summed E-state index contributed by atoms with van der Waals surface area (Å²) in [4.78, 5) is 13.2. The highest BCUT2D eigenvalue weighted by atomic mass is 32.1. The van der Waals surface area contributed by atoms with Crippen LogP contribution in [0.4, 0.5) is 0 Å². The number of carboxylic acids is 1. The smallest absolute Gasteiger partial charge is 0.325 e. The topological polar surface area (TPSA) is 58.4 Å². The van der Waals surface area contributed by atoms with E-state index in [4.69, 9.17) is 0 Å². The molecule has 1 atom stereocenters. The van der Waals surface area contributed by atoms with Crippen molar-refractivity contribution < 1.29 is 9.90 Å². The highest BCUT2D eigenvalue weighted by Gasteiger charge is 2.24. The Bertz CT molecular complexity index is 481. The number of aliphatic carboxylic acids is 1. The Morgan fingerprint density at radius 1 is 1.67 bits per heavy atom. The minimum atomic E-state index is -0.823. The van der Waals surface area contributed by atoms with Gasteiger partial charge in [0.05, 0.1) is 6.54 Å². The van der Waals surface area contributed by atoms with Crippen molar-refractivity contribution in [3.8, 4) is 0 Å². The Morgan fingerprint density at radius 3 is 3.06 bits per heavy atom. The van der Waals surface area contributed by atoms with Gasteiger partial charge in [-0.25, -0.2) is 0 Å². The van der Waals surface area contributed by atoms with Crippen LogP contribution in [0.2, 0.25) is 0 Å². The molecule has 0 saturated carbocycles. The normalized spacial score (nSPS) is 12.8. The maximum atomic E-state index is 11.3. The molecule has 6 heteroatoms. The van der Waals surface area contributed by atoms with Gasteiger partial charge in [-0.1, -0.05) is 0 Å². The molecule has 0 aliphatic heterocycles. The fraction of sp³-hybridized carbons (Fsp3) is 0.333. The lowest BCUT2D eigenvalue weighted by atomic mass is 10.1. The summed E-state index contributed by atoms with van der Waals surface area (Å²) in [5, 5.41) is 17.2. The first-order valence-electron chi connectivity index (χ1n) is 5.61. The van der Waals surface area contributed by atoms with E-state index in [1.54, 1.807) is 10.9 Å². The third-order valence-corrected chi connectivity index (χ3v) is 3.48. The molecular weight excluding hydrogens is 250 g/mol. The predicted octanol–water partition coefficient (Wildman–Crippen LogP) is 1.70. The van der Waals surface area contributed by atoms with Crippen molar-refractivity contribution in [2.24, 2.45) is 0 Å². The summed E-state index contributed by atoms with van der Waals surface area (Å²) in [5.74, 6) is -0.823. The fourth-order valence-electron chi connectivity index (χ4n) is 1.84. The molecule has 0 saturated heterocycles. The lowest BCUT2D eigenvalue weighted by Gasteiger charge is -2.23. The van der Waals surface area contributed by atoms with Gasteiger partial charge in [0.1, 0.15) is 6.04 Å². The van der Waals surface area contributed by atoms with Gasteiger partial charge in [-0.05, 0) is 35.5 Å². The number of aromatic nitrogens is 2. The van der Waals surface area contributed by atoms with E-state index in [1.807, 2.05) is 41.0 Å². The second-order valence-electron chi connectivity index (χ2n) is 4.05. The van der Waals surface area contributed by atoms with Crippen LogP contribution in [0.1, 0.15) is 11.6 Å². The van der Waals surface area contributed by atoms with Crippen molar-refractivity contribution in [1.29, 1.82) is 0 Å². The van der Waals surface area contributed by atoms with E-state index in [0.717, 1.165) is 5.56 Å². The van der Waals surface area contributed by atoms with Crippen LogP contribution in [-0.2, 0) is 11.3 Å². The summed E-state index contributed by atoms with van der Waals surface area (Å²) in [5.41, 5.74) is 0.829. The number of thiophene rings is 1. The first kappa shape index (κ1) is 12.8. The maximum absolute atomic E-state index is 11.3. The molecule has 0 amide bonds. The number of hydrogen-bond acceptors (Lipinski definition) is 4. The average molecular weight is 265 g/mol. The fourth-order valence-corrected chi connectivity index (χ4v) is 2.52. The lowest BCUT2D eigenvalue weighted by Crippen LogP contribution is -2.33. The minimum absolute atomic E-state index is 0.591. The molecule has 0 spiro atoms. The Hall–Kier alpha value is -1.66. The molecule has 0 aromatic carbocycles. The third kappa shape index (κ3) is 2.96. The highest BCUT2D eigenvalue weighted by molar-refractivity contribution is 7.08. The summed E-state index contributed by atoms with van der Waals surface area (Å²) in [6, 6.07) is 3.12. The van der Waals surface area contributed by atoms with Crippen LogP contribution < -0.4 is 0 Å². The molecule has 5 nitrogen and oxygen atoms in total. The molecule has 0 radical (unpaired) electrons. The summed E-state index contributed by atoms with van der Waals surface area (Å²) >= 11 is 1.51. The van der Waals surface area contributed by atoms with Crippen LogP contribution in [0.15, 0.2) is 35.3 Å². The zero-order valence-corrected chi connectivity index (χ0v) is 10.9. The summed E-state index contributed by atoms with van der Waals surface area (Å²) in [7, 11) is 1.82. The van der Waals surface area contributed by atoms with Crippen molar-refractivity contribution in [1.82, 2.24) is 14.7 Å². The zero-order chi connectivity index (χ0) is 13.0. The van der Waals surface area contributed by atoms with Crippen molar-refractivity contribution in [3.05, 3.63) is 40.8 Å². The van der Waals surface area contributed by atoms with Gasteiger partial charge in [0.15, 0.2) is 0 Å². The number of carboxylic acid groups (broad SMARTS) is 1. The number of hydrogen-bond donors (Lipinski definition) is 1. The molecule has 0 aliphatic carbocycles. The number of carbonyl (C=O) groups is 1. The van der Waals surface area contributed by atoms with Gasteiger partial charge in [0.25, 0.3) is 0 Å². The first-order valence-corrected chi connectivity index (χ1v) is 6.55. The molecule has 1 N–H and O–H groups in total. The Labute approximate surface area is 109 Å². The second kappa shape index (κ2) is 5.79. The van der Waals surface area contributed by atoms with Gasteiger partial charge in [-0.3, -0.25) is 14.4 Å². The molecule has 96 valence electrons. The number of rotatable bonds is 6. The summed E-state index contributed by atoms with van der Waals surface area (Å²) in [6.45, 7) is 1.31. The lowest BCUT2D eigenvalue weighted by molar-refractivity contribution is -0.143.